The van der Waals surface area contributed by atoms with Gasteiger partial charge in [-0.3, -0.25) is 14.9 Å². The highest BCUT2D eigenvalue weighted by Crippen LogP contribution is 2.37. The maximum absolute atomic E-state index is 11.5. The van der Waals surface area contributed by atoms with E-state index in [0.29, 0.717) is 4.47 Å². The molecule has 0 aliphatic carbocycles. The topological polar surface area (TPSA) is 95.7 Å². The Bertz CT molecular complexity index is 577. The lowest BCUT2D eigenvalue weighted by Gasteiger charge is -2.07. The highest BCUT2D eigenvalue weighted by Gasteiger charge is 2.22. The predicted octanol–water partition coefficient (Wildman–Crippen LogP) is 2.80. The van der Waals surface area contributed by atoms with Gasteiger partial charge in [0.2, 0.25) is 0 Å². The second kappa shape index (κ2) is 7.99. The van der Waals surface area contributed by atoms with Crippen molar-refractivity contribution >= 4 is 45.3 Å². The predicted molar refractivity (Wildman–Crippen MR) is 79.5 cm³/mol. The number of rotatable bonds is 6. The minimum absolute atomic E-state index is 0.0524. The van der Waals surface area contributed by atoms with E-state index < -0.39 is 16.9 Å². The molecule has 1 rings (SSSR count). The summed E-state index contributed by atoms with van der Waals surface area (Å²) >= 11 is 4.13. The van der Waals surface area contributed by atoms with Gasteiger partial charge in [0, 0.05) is 10.5 Å². The summed E-state index contributed by atoms with van der Waals surface area (Å²) in [5, 5.41) is 11.1. The van der Waals surface area contributed by atoms with Crippen LogP contribution in [0.2, 0.25) is 0 Å². The second-order valence-electron chi connectivity index (χ2n) is 3.65. The molecule has 0 fully saturated rings. The molecule has 0 aliphatic heterocycles. The van der Waals surface area contributed by atoms with Gasteiger partial charge in [0.25, 0.3) is 5.69 Å². The average molecular weight is 378 g/mol. The Hall–Kier alpha value is -1.61. The van der Waals surface area contributed by atoms with Gasteiger partial charge in [-0.15, -0.1) is 11.8 Å². The van der Waals surface area contributed by atoms with Crippen molar-refractivity contribution in [2.75, 3.05) is 19.5 Å². The van der Waals surface area contributed by atoms with Crippen molar-refractivity contribution in [1.82, 2.24) is 0 Å². The number of nitro benzene ring substituents is 1. The van der Waals surface area contributed by atoms with Crippen molar-refractivity contribution in [3.63, 3.8) is 0 Å². The minimum Gasteiger partial charge on any atom is -0.465 e. The fraction of sp³-hybridized carbons (Fsp3) is 0.333. The van der Waals surface area contributed by atoms with Crippen molar-refractivity contribution in [2.24, 2.45) is 0 Å². The van der Waals surface area contributed by atoms with Crippen molar-refractivity contribution in [3.8, 4) is 0 Å². The van der Waals surface area contributed by atoms with E-state index in [0.717, 1.165) is 17.8 Å². The molecule has 21 heavy (non-hydrogen) atoms. The summed E-state index contributed by atoms with van der Waals surface area (Å²) < 4.78 is 9.64. The van der Waals surface area contributed by atoms with E-state index in [9.17, 15) is 19.7 Å². The van der Waals surface area contributed by atoms with E-state index >= 15 is 0 Å². The van der Waals surface area contributed by atoms with Crippen LogP contribution >= 0.6 is 27.7 Å². The van der Waals surface area contributed by atoms with Crippen LogP contribution in [0.3, 0.4) is 0 Å². The van der Waals surface area contributed by atoms with Gasteiger partial charge < -0.3 is 9.47 Å². The van der Waals surface area contributed by atoms with Crippen LogP contribution in [0.15, 0.2) is 21.5 Å². The molecule has 0 spiro atoms. The molecule has 0 unspecified atom stereocenters. The third-order valence-electron chi connectivity index (χ3n) is 2.28. The number of methoxy groups -OCH3 is 1. The molecule has 0 radical (unpaired) electrons. The molecule has 0 heterocycles. The molecular formula is C12H12BrNO6S. The number of thioether (sulfide) groups is 1. The standard InChI is InChI=1S/C12H12BrNO6S/c1-3-20-10(15)6-21-11-8(13)4-7(12(16)19-2)5-9(11)14(17)18/h4-5H,3,6H2,1-2H3. The highest BCUT2D eigenvalue weighted by molar-refractivity contribution is 9.10. The molecule has 0 N–H and O–H groups in total. The van der Waals surface area contributed by atoms with Crippen molar-refractivity contribution in [2.45, 2.75) is 11.8 Å². The Kier molecular flexibility index (Phi) is 6.63. The van der Waals surface area contributed by atoms with Gasteiger partial charge in [0.1, 0.15) is 0 Å². The van der Waals surface area contributed by atoms with Crippen LogP contribution in [0.25, 0.3) is 0 Å². The van der Waals surface area contributed by atoms with E-state index in [-0.39, 0.29) is 28.5 Å². The monoisotopic (exact) mass is 377 g/mol. The molecule has 0 aliphatic rings. The van der Waals surface area contributed by atoms with E-state index in [1.165, 1.54) is 13.2 Å². The number of nitro groups is 1. The molecule has 0 saturated carbocycles. The largest absolute Gasteiger partial charge is 0.465 e. The number of hydrogen-bond acceptors (Lipinski definition) is 7. The van der Waals surface area contributed by atoms with Crippen molar-refractivity contribution in [1.29, 1.82) is 0 Å². The Morgan fingerprint density at radius 3 is 2.62 bits per heavy atom. The summed E-state index contributed by atoms with van der Waals surface area (Å²) in [5.41, 5.74) is -0.226. The number of nitrogens with zero attached hydrogens (tertiary/aromatic N) is 1. The Balaban J connectivity index is 3.10. The second-order valence-corrected chi connectivity index (χ2v) is 5.49. The number of ether oxygens (including phenoxy) is 2. The number of benzene rings is 1. The molecule has 1 aromatic rings. The van der Waals surface area contributed by atoms with Gasteiger partial charge in [-0.2, -0.15) is 0 Å². The average Bonchev–Trinajstić information content (AvgIpc) is 2.44. The summed E-state index contributed by atoms with van der Waals surface area (Å²) in [5.74, 6) is -1.22. The van der Waals surface area contributed by atoms with E-state index in [4.69, 9.17) is 4.74 Å². The Labute approximate surface area is 133 Å². The van der Waals surface area contributed by atoms with Crippen LogP contribution in [0.5, 0.6) is 0 Å². The van der Waals surface area contributed by atoms with E-state index in [1.807, 2.05) is 0 Å². The summed E-state index contributed by atoms with van der Waals surface area (Å²) in [7, 11) is 1.19. The van der Waals surface area contributed by atoms with Gasteiger partial charge >= 0.3 is 11.9 Å². The number of halogens is 1. The lowest BCUT2D eigenvalue weighted by atomic mass is 10.2. The lowest BCUT2D eigenvalue weighted by molar-refractivity contribution is -0.387. The van der Waals surface area contributed by atoms with Gasteiger partial charge in [-0.25, -0.2) is 4.79 Å². The number of esters is 2. The molecule has 1 aromatic carbocycles. The third-order valence-corrected chi connectivity index (χ3v) is 4.27. The first-order valence-electron chi connectivity index (χ1n) is 5.75. The summed E-state index contributed by atoms with van der Waals surface area (Å²) in [6.07, 6.45) is 0. The van der Waals surface area contributed by atoms with E-state index in [2.05, 4.69) is 20.7 Å². The zero-order valence-corrected chi connectivity index (χ0v) is 13.7. The number of hydrogen-bond donors (Lipinski definition) is 0. The van der Waals surface area contributed by atoms with Crippen LogP contribution in [0, 0.1) is 10.1 Å². The number of carbonyl (C=O) groups is 2. The van der Waals surface area contributed by atoms with Crippen LogP contribution in [0.4, 0.5) is 5.69 Å². The molecule has 9 heteroatoms. The zero-order chi connectivity index (χ0) is 16.0. The first-order valence-corrected chi connectivity index (χ1v) is 7.53. The molecule has 0 bridgehead atoms. The number of carbonyl (C=O) groups excluding carboxylic acids is 2. The normalized spacial score (nSPS) is 10.0. The van der Waals surface area contributed by atoms with Gasteiger partial charge in [-0.1, -0.05) is 0 Å². The van der Waals surface area contributed by atoms with Crippen LogP contribution in [-0.4, -0.2) is 36.3 Å². The fourth-order valence-corrected chi connectivity index (χ4v) is 3.04. The first-order chi connectivity index (χ1) is 9.90. The summed E-state index contributed by atoms with van der Waals surface area (Å²) in [6, 6.07) is 2.52. The summed E-state index contributed by atoms with van der Waals surface area (Å²) in [6.45, 7) is 1.91. The van der Waals surface area contributed by atoms with Gasteiger partial charge in [0.15, 0.2) is 0 Å². The molecule has 0 atom stereocenters. The highest BCUT2D eigenvalue weighted by atomic mass is 79.9. The molecule has 114 valence electrons. The Morgan fingerprint density at radius 1 is 1.43 bits per heavy atom. The minimum atomic E-state index is -0.680. The van der Waals surface area contributed by atoms with Gasteiger partial charge in [-0.05, 0) is 28.9 Å². The maximum Gasteiger partial charge on any atom is 0.338 e. The SMILES string of the molecule is CCOC(=O)CSc1c(Br)cc(C(=O)OC)cc1[N+](=O)[O-]. The quantitative estimate of drug-likeness (QED) is 0.325. The lowest BCUT2D eigenvalue weighted by Crippen LogP contribution is -2.07. The smallest absolute Gasteiger partial charge is 0.338 e. The van der Waals surface area contributed by atoms with Crippen LogP contribution in [0.1, 0.15) is 17.3 Å². The fourth-order valence-electron chi connectivity index (χ4n) is 1.43. The van der Waals surface area contributed by atoms with Crippen LogP contribution < -0.4 is 0 Å². The van der Waals surface area contributed by atoms with Crippen molar-refractivity contribution in [3.05, 3.63) is 32.3 Å². The Morgan fingerprint density at radius 2 is 2.10 bits per heavy atom. The molecule has 0 amide bonds. The molecular weight excluding hydrogens is 366 g/mol. The van der Waals surface area contributed by atoms with Crippen LogP contribution in [-0.2, 0) is 14.3 Å². The molecule has 0 aromatic heterocycles. The third kappa shape index (κ3) is 4.71. The maximum atomic E-state index is 11.5. The molecule has 0 saturated heterocycles. The molecule has 7 nitrogen and oxygen atoms in total. The van der Waals surface area contributed by atoms with Gasteiger partial charge in [0.05, 0.1) is 34.9 Å². The van der Waals surface area contributed by atoms with Crippen molar-refractivity contribution < 1.29 is 24.0 Å². The van der Waals surface area contributed by atoms with E-state index in [1.54, 1.807) is 6.92 Å². The zero-order valence-electron chi connectivity index (χ0n) is 11.3. The summed E-state index contributed by atoms with van der Waals surface area (Å²) in [4.78, 5) is 33.5. The first kappa shape index (κ1) is 17.4.